The van der Waals surface area contributed by atoms with Crippen LogP contribution in [0.15, 0.2) is 64.0 Å². The number of nitrogens with zero attached hydrogens (tertiary/aromatic N) is 4. The quantitative estimate of drug-likeness (QED) is 0.551. The van der Waals surface area contributed by atoms with Crippen LogP contribution in [0.1, 0.15) is 43.2 Å². The minimum absolute atomic E-state index is 0.0363. The Hall–Kier alpha value is -3.04. The van der Waals surface area contributed by atoms with Gasteiger partial charge in [0.05, 0.1) is 10.8 Å². The van der Waals surface area contributed by atoms with Crippen LogP contribution in [0.2, 0.25) is 0 Å². The highest BCUT2D eigenvalue weighted by atomic mass is 32.2. The molecule has 5 rings (SSSR count). The van der Waals surface area contributed by atoms with Crippen LogP contribution in [0.3, 0.4) is 0 Å². The Morgan fingerprint density at radius 2 is 1.74 bits per heavy atom. The Labute approximate surface area is 199 Å². The Balaban J connectivity index is 1.32. The first kappa shape index (κ1) is 22.7. The van der Waals surface area contributed by atoms with Gasteiger partial charge in [0.15, 0.2) is 0 Å². The predicted octanol–water partition coefficient (Wildman–Crippen LogP) is 3.81. The number of carbonyl (C=O) groups is 1. The fraction of sp³-hybridized carbons (Fsp3) is 0.400. The Morgan fingerprint density at radius 3 is 2.50 bits per heavy atom. The van der Waals surface area contributed by atoms with Gasteiger partial charge in [0.25, 0.3) is 0 Å². The summed E-state index contributed by atoms with van der Waals surface area (Å²) in [4.78, 5) is 20.2. The molecule has 0 N–H and O–H groups in total. The van der Waals surface area contributed by atoms with Crippen molar-refractivity contribution in [2.45, 2.75) is 43.5 Å². The van der Waals surface area contributed by atoms with E-state index in [-0.39, 0.29) is 29.3 Å². The van der Waals surface area contributed by atoms with E-state index >= 15 is 0 Å². The minimum Gasteiger partial charge on any atom is -0.337 e. The number of hydrogen-bond donors (Lipinski definition) is 0. The summed E-state index contributed by atoms with van der Waals surface area (Å²) in [6, 6.07) is 16.2. The molecule has 2 aromatic carbocycles. The van der Waals surface area contributed by atoms with Gasteiger partial charge in [-0.1, -0.05) is 53.2 Å². The van der Waals surface area contributed by atoms with Crippen LogP contribution >= 0.6 is 0 Å². The first-order valence-corrected chi connectivity index (χ1v) is 13.1. The molecule has 0 bridgehead atoms. The molecule has 0 saturated carbocycles. The topological polar surface area (TPSA) is 96.6 Å². The summed E-state index contributed by atoms with van der Waals surface area (Å²) in [6.45, 7) is 3.14. The number of piperidine rings is 1. The van der Waals surface area contributed by atoms with E-state index in [9.17, 15) is 13.2 Å². The second-order valence-electron chi connectivity index (χ2n) is 9.03. The largest absolute Gasteiger partial charge is 0.337 e. The maximum Gasteiger partial charge on any atom is 0.249 e. The summed E-state index contributed by atoms with van der Waals surface area (Å²) in [6.07, 6.45) is 2.91. The molecule has 0 spiro atoms. The Kier molecular flexibility index (Phi) is 6.22. The second kappa shape index (κ2) is 9.31. The van der Waals surface area contributed by atoms with E-state index in [4.69, 9.17) is 4.52 Å². The lowest BCUT2D eigenvalue weighted by molar-refractivity contribution is -0.138. The monoisotopic (exact) mass is 480 g/mol. The van der Waals surface area contributed by atoms with Gasteiger partial charge in [0.1, 0.15) is 6.04 Å². The van der Waals surface area contributed by atoms with Crippen molar-refractivity contribution in [3.63, 3.8) is 0 Å². The molecule has 2 atom stereocenters. The van der Waals surface area contributed by atoms with Crippen molar-refractivity contribution < 1.29 is 17.7 Å². The highest BCUT2D eigenvalue weighted by Gasteiger charge is 2.40. The second-order valence-corrected chi connectivity index (χ2v) is 11.0. The van der Waals surface area contributed by atoms with E-state index in [0.29, 0.717) is 37.6 Å². The molecule has 9 heteroatoms. The molecule has 3 heterocycles. The van der Waals surface area contributed by atoms with Crippen LogP contribution < -0.4 is 0 Å². The van der Waals surface area contributed by atoms with Crippen molar-refractivity contribution in [2.24, 2.45) is 5.92 Å². The molecule has 2 aliphatic heterocycles. The highest BCUT2D eigenvalue weighted by Crippen LogP contribution is 2.35. The van der Waals surface area contributed by atoms with Crippen molar-refractivity contribution in [2.75, 3.05) is 19.6 Å². The molecule has 2 unspecified atom stereocenters. The molecule has 8 nitrogen and oxygen atoms in total. The molecule has 3 aromatic rings. The molecule has 2 fully saturated rings. The Bertz CT molecular complexity index is 1260. The van der Waals surface area contributed by atoms with Crippen LogP contribution in [0.4, 0.5) is 0 Å². The summed E-state index contributed by atoms with van der Waals surface area (Å²) < 4.78 is 33.4. The molecule has 1 amide bonds. The van der Waals surface area contributed by atoms with Gasteiger partial charge in [-0.05, 0) is 44.7 Å². The summed E-state index contributed by atoms with van der Waals surface area (Å²) in [7, 11) is -3.64. The molecular weight excluding hydrogens is 452 g/mol. The maximum absolute atomic E-state index is 13.5. The summed E-state index contributed by atoms with van der Waals surface area (Å²) >= 11 is 0. The number of sulfonamides is 1. The van der Waals surface area contributed by atoms with Gasteiger partial charge in [0.2, 0.25) is 27.6 Å². The molecule has 0 radical (unpaired) electrons. The van der Waals surface area contributed by atoms with Crippen LogP contribution in [-0.4, -0.2) is 53.3 Å². The number of hydrogen-bond acceptors (Lipinski definition) is 6. The van der Waals surface area contributed by atoms with Crippen molar-refractivity contribution in [3.05, 3.63) is 66.1 Å². The number of aryl methyl sites for hydroxylation is 1. The normalized spacial score (nSPS) is 21.6. The van der Waals surface area contributed by atoms with Gasteiger partial charge < -0.3 is 9.42 Å². The molecule has 2 aliphatic rings. The first-order chi connectivity index (χ1) is 16.4. The molecule has 0 aliphatic carbocycles. The Morgan fingerprint density at radius 1 is 1.00 bits per heavy atom. The van der Waals surface area contributed by atoms with E-state index in [2.05, 4.69) is 10.1 Å². The third-order valence-corrected chi connectivity index (χ3v) is 8.57. The predicted molar refractivity (Wildman–Crippen MR) is 126 cm³/mol. The van der Waals surface area contributed by atoms with Gasteiger partial charge in [0, 0.05) is 25.2 Å². The fourth-order valence-corrected chi connectivity index (χ4v) is 6.34. The number of rotatable bonds is 5. The summed E-state index contributed by atoms with van der Waals surface area (Å²) in [5.41, 5.74) is 1.86. The molecule has 34 heavy (non-hydrogen) atoms. The SMILES string of the molecule is Cc1ccc(S(=O)(=O)N2CCCC(C(=O)N3CCCC3c3nc(-c4ccccc4)no3)C2)cc1. The third kappa shape index (κ3) is 4.37. The van der Waals surface area contributed by atoms with Crippen LogP contribution in [0.5, 0.6) is 0 Å². The molecular formula is C25H28N4O4S. The van der Waals surface area contributed by atoms with Crippen LogP contribution in [0.25, 0.3) is 11.4 Å². The smallest absolute Gasteiger partial charge is 0.249 e. The van der Waals surface area contributed by atoms with Crippen molar-refractivity contribution in [1.82, 2.24) is 19.3 Å². The van der Waals surface area contributed by atoms with E-state index in [1.807, 2.05) is 37.3 Å². The average Bonchev–Trinajstić information content (AvgIpc) is 3.54. The molecule has 178 valence electrons. The van der Waals surface area contributed by atoms with Gasteiger partial charge in [-0.25, -0.2) is 8.42 Å². The zero-order valence-electron chi connectivity index (χ0n) is 19.1. The average molecular weight is 481 g/mol. The van der Waals surface area contributed by atoms with Crippen molar-refractivity contribution >= 4 is 15.9 Å². The highest BCUT2D eigenvalue weighted by molar-refractivity contribution is 7.89. The van der Waals surface area contributed by atoms with E-state index in [1.54, 1.807) is 29.2 Å². The third-order valence-electron chi connectivity index (χ3n) is 6.69. The van der Waals surface area contributed by atoms with Crippen LogP contribution in [0, 0.1) is 12.8 Å². The van der Waals surface area contributed by atoms with E-state index < -0.39 is 10.0 Å². The number of likely N-dealkylation sites (tertiary alicyclic amines) is 1. The minimum atomic E-state index is -3.64. The van der Waals surface area contributed by atoms with Gasteiger partial charge >= 0.3 is 0 Å². The van der Waals surface area contributed by atoms with E-state index in [0.717, 1.165) is 24.0 Å². The lowest BCUT2D eigenvalue weighted by Gasteiger charge is -2.34. The lowest BCUT2D eigenvalue weighted by atomic mass is 9.97. The lowest BCUT2D eigenvalue weighted by Crippen LogP contribution is -2.46. The van der Waals surface area contributed by atoms with E-state index in [1.165, 1.54) is 4.31 Å². The van der Waals surface area contributed by atoms with Gasteiger partial charge in [-0.15, -0.1) is 0 Å². The van der Waals surface area contributed by atoms with Crippen molar-refractivity contribution in [1.29, 1.82) is 0 Å². The van der Waals surface area contributed by atoms with Gasteiger partial charge in [-0.3, -0.25) is 4.79 Å². The summed E-state index contributed by atoms with van der Waals surface area (Å²) in [5.74, 6) is 0.518. The zero-order valence-corrected chi connectivity index (χ0v) is 19.9. The molecule has 2 saturated heterocycles. The maximum atomic E-state index is 13.5. The molecule has 1 aromatic heterocycles. The number of amides is 1. The number of aromatic nitrogens is 2. The summed E-state index contributed by atoms with van der Waals surface area (Å²) in [5, 5.41) is 4.11. The van der Waals surface area contributed by atoms with Crippen LogP contribution in [-0.2, 0) is 14.8 Å². The number of benzene rings is 2. The standard InChI is InChI=1S/C25H28N4O4S/c1-18-11-13-21(14-12-18)34(31,32)28-15-5-9-20(17-28)25(30)29-16-6-10-22(29)24-26-23(27-33-24)19-7-3-2-4-8-19/h2-4,7-8,11-14,20,22H,5-6,9-10,15-17H2,1H3. The van der Waals surface area contributed by atoms with Crippen molar-refractivity contribution in [3.8, 4) is 11.4 Å². The first-order valence-electron chi connectivity index (χ1n) is 11.7. The zero-order chi connectivity index (χ0) is 23.7. The van der Waals surface area contributed by atoms with Gasteiger partial charge in [-0.2, -0.15) is 9.29 Å². The number of carbonyl (C=O) groups excluding carboxylic acids is 1. The fourth-order valence-electron chi connectivity index (χ4n) is 4.82.